The standard InChI is InChI=1S/C24H30ClF3N4O4S/c1-16(2)37(34,35)31-11-9-30(10-12-31)21-15-29-32(19-7-4-6-18(25)14-19)23(33)22(21)36-20-8-3-5-17(13-20)24(26,27)28/h4,6-7,14-17,20H,3,5,8-13H2,1-2H3. The van der Waals surface area contributed by atoms with Crippen LogP contribution in [0.2, 0.25) is 5.02 Å². The van der Waals surface area contributed by atoms with Crippen LogP contribution in [0.3, 0.4) is 0 Å². The van der Waals surface area contributed by atoms with Gasteiger partial charge in [0.1, 0.15) is 5.69 Å². The SMILES string of the molecule is CC(C)S(=O)(=O)N1CCN(c2cnn(-c3cccc(Cl)c3)c(=O)c2OC2CCCC(C(F)(F)F)C2)CC1. The van der Waals surface area contributed by atoms with Gasteiger partial charge in [0, 0.05) is 31.2 Å². The molecule has 13 heteroatoms. The lowest BCUT2D eigenvalue weighted by molar-refractivity contribution is -0.188. The van der Waals surface area contributed by atoms with Crippen molar-refractivity contribution in [3.05, 3.63) is 45.8 Å². The molecule has 1 aromatic carbocycles. The van der Waals surface area contributed by atoms with Gasteiger partial charge >= 0.3 is 11.7 Å². The topological polar surface area (TPSA) is 84.7 Å². The van der Waals surface area contributed by atoms with E-state index in [2.05, 4.69) is 5.10 Å². The van der Waals surface area contributed by atoms with Crippen LogP contribution in [-0.2, 0) is 10.0 Å². The van der Waals surface area contributed by atoms with E-state index in [1.807, 2.05) is 0 Å². The van der Waals surface area contributed by atoms with Crippen LogP contribution in [0.5, 0.6) is 5.75 Å². The summed E-state index contributed by atoms with van der Waals surface area (Å²) in [5.74, 6) is -1.58. The van der Waals surface area contributed by atoms with E-state index < -0.39 is 39.0 Å². The van der Waals surface area contributed by atoms with Gasteiger partial charge in [-0.2, -0.15) is 27.3 Å². The van der Waals surface area contributed by atoms with Gasteiger partial charge in [0.15, 0.2) is 0 Å². The summed E-state index contributed by atoms with van der Waals surface area (Å²) >= 11 is 6.08. The Hall–Kier alpha value is -2.31. The zero-order valence-electron chi connectivity index (χ0n) is 20.6. The highest BCUT2D eigenvalue weighted by Crippen LogP contribution is 2.39. The summed E-state index contributed by atoms with van der Waals surface area (Å²) in [5.41, 5.74) is 0.101. The molecule has 8 nitrogen and oxygen atoms in total. The van der Waals surface area contributed by atoms with Crippen LogP contribution in [0.15, 0.2) is 35.3 Å². The van der Waals surface area contributed by atoms with Crippen molar-refractivity contribution in [3.63, 3.8) is 0 Å². The van der Waals surface area contributed by atoms with Crippen molar-refractivity contribution in [2.45, 2.75) is 57.1 Å². The fraction of sp³-hybridized carbons (Fsp3) is 0.583. The van der Waals surface area contributed by atoms with E-state index in [4.69, 9.17) is 16.3 Å². The molecule has 204 valence electrons. The first-order valence-electron chi connectivity index (χ1n) is 12.2. The number of piperazine rings is 1. The highest BCUT2D eigenvalue weighted by molar-refractivity contribution is 7.89. The predicted octanol–water partition coefficient (Wildman–Crippen LogP) is 4.25. The zero-order valence-corrected chi connectivity index (χ0v) is 22.2. The van der Waals surface area contributed by atoms with E-state index in [0.29, 0.717) is 29.2 Å². The van der Waals surface area contributed by atoms with Crippen molar-refractivity contribution >= 4 is 27.3 Å². The molecule has 1 aromatic heterocycles. The van der Waals surface area contributed by atoms with E-state index in [1.54, 1.807) is 43.0 Å². The summed E-state index contributed by atoms with van der Waals surface area (Å²) < 4.78 is 73.9. The van der Waals surface area contributed by atoms with Gasteiger partial charge in [0.25, 0.3) is 0 Å². The van der Waals surface area contributed by atoms with Crippen LogP contribution >= 0.6 is 11.6 Å². The Bertz CT molecular complexity index is 1280. The highest BCUT2D eigenvalue weighted by Gasteiger charge is 2.43. The summed E-state index contributed by atoms with van der Waals surface area (Å²) in [4.78, 5) is 15.4. The zero-order chi connectivity index (χ0) is 27.0. The van der Waals surface area contributed by atoms with E-state index in [0.717, 1.165) is 4.68 Å². The molecule has 0 bridgehead atoms. The molecule has 0 radical (unpaired) electrons. The Morgan fingerprint density at radius 2 is 1.84 bits per heavy atom. The average molecular weight is 563 g/mol. The van der Waals surface area contributed by atoms with Crippen molar-refractivity contribution in [2.24, 2.45) is 5.92 Å². The van der Waals surface area contributed by atoms with Crippen molar-refractivity contribution in [2.75, 3.05) is 31.1 Å². The number of halogens is 4. The molecule has 2 heterocycles. The average Bonchev–Trinajstić information content (AvgIpc) is 2.85. The summed E-state index contributed by atoms with van der Waals surface area (Å²) in [6.45, 7) is 4.20. The third-order valence-corrected chi connectivity index (χ3v) is 9.39. The molecule has 2 aromatic rings. The maximum absolute atomic E-state index is 13.6. The minimum atomic E-state index is -4.33. The lowest BCUT2D eigenvalue weighted by Gasteiger charge is -2.37. The molecule has 1 aliphatic heterocycles. The largest absolute Gasteiger partial charge is 0.483 e. The van der Waals surface area contributed by atoms with E-state index in [1.165, 1.54) is 10.5 Å². The number of ether oxygens (including phenoxy) is 1. The third-order valence-electron chi connectivity index (χ3n) is 6.88. The molecule has 37 heavy (non-hydrogen) atoms. The normalized spacial score (nSPS) is 21.9. The number of nitrogens with zero attached hydrogens (tertiary/aromatic N) is 4. The van der Waals surface area contributed by atoms with Gasteiger partial charge in [-0.25, -0.2) is 8.42 Å². The number of alkyl halides is 3. The van der Waals surface area contributed by atoms with Gasteiger partial charge in [-0.05, 0) is 57.7 Å². The van der Waals surface area contributed by atoms with E-state index in [-0.39, 0.29) is 44.8 Å². The van der Waals surface area contributed by atoms with Crippen LogP contribution < -0.4 is 15.2 Å². The molecule has 2 unspecified atom stereocenters. The van der Waals surface area contributed by atoms with E-state index >= 15 is 0 Å². The number of aromatic nitrogens is 2. The van der Waals surface area contributed by atoms with Crippen LogP contribution in [0.4, 0.5) is 18.9 Å². The molecule has 1 saturated heterocycles. The number of sulfonamides is 1. The Labute approximate surface area is 219 Å². The number of hydrogen-bond donors (Lipinski definition) is 0. The molecule has 2 atom stereocenters. The quantitative estimate of drug-likeness (QED) is 0.523. The minimum absolute atomic E-state index is 0.0333. The second-order valence-corrected chi connectivity index (χ2v) is 12.6. The van der Waals surface area contributed by atoms with Gasteiger partial charge < -0.3 is 9.64 Å². The van der Waals surface area contributed by atoms with Gasteiger partial charge in [-0.15, -0.1) is 0 Å². The molecule has 2 aliphatic rings. The van der Waals surface area contributed by atoms with Crippen molar-refractivity contribution < 1.29 is 26.3 Å². The number of anilines is 1. The second kappa shape index (κ2) is 10.8. The Morgan fingerprint density at radius 3 is 2.46 bits per heavy atom. The first-order valence-corrected chi connectivity index (χ1v) is 14.1. The molecule has 0 N–H and O–H groups in total. The maximum Gasteiger partial charge on any atom is 0.391 e. The summed E-state index contributed by atoms with van der Waals surface area (Å²) in [5, 5.41) is 4.11. The summed E-state index contributed by atoms with van der Waals surface area (Å²) in [7, 11) is -3.44. The minimum Gasteiger partial charge on any atom is -0.483 e. The van der Waals surface area contributed by atoms with Crippen molar-refractivity contribution in [1.29, 1.82) is 0 Å². The van der Waals surface area contributed by atoms with Crippen LogP contribution in [0.1, 0.15) is 39.5 Å². The van der Waals surface area contributed by atoms with Gasteiger partial charge in [0.05, 0.1) is 29.2 Å². The van der Waals surface area contributed by atoms with Crippen LogP contribution in [-0.4, -0.2) is 66.2 Å². The number of benzene rings is 1. The fourth-order valence-corrected chi connectivity index (χ4v) is 6.21. The second-order valence-electron chi connectivity index (χ2n) is 9.68. The Balaban J connectivity index is 1.67. The van der Waals surface area contributed by atoms with Crippen LogP contribution in [0.25, 0.3) is 5.69 Å². The molecule has 1 aliphatic carbocycles. The Morgan fingerprint density at radius 1 is 1.14 bits per heavy atom. The maximum atomic E-state index is 13.6. The van der Waals surface area contributed by atoms with Crippen LogP contribution in [0, 0.1) is 5.92 Å². The van der Waals surface area contributed by atoms with E-state index in [9.17, 15) is 26.4 Å². The fourth-order valence-electron chi connectivity index (χ4n) is 4.75. The lowest BCUT2D eigenvalue weighted by Crippen LogP contribution is -2.51. The summed E-state index contributed by atoms with van der Waals surface area (Å²) in [6.07, 6.45) is -3.15. The first kappa shape index (κ1) is 27.7. The predicted molar refractivity (Wildman–Crippen MR) is 135 cm³/mol. The molecule has 1 saturated carbocycles. The number of hydrogen-bond acceptors (Lipinski definition) is 6. The molecule has 0 spiro atoms. The molecule has 4 rings (SSSR count). The number of rotatable bonds is 6. The van der Waals surface area contributed by atoms with Gasteiger partial charge in [-0.3, -0.25) is 4.79 Å². The monoisotopic (exact) mass is 562 g/mol. The van der Waals surface area contributed by atoms with Gasteiger partial charge in [-0.1, -0.05) is 17.7 Å². The highest BCUT2D eigenvalue weighted by atomic mass is 35.5. The molecular formula is C24H30ClF3N4O4S. The first-order chi connectivity index (χ1) is 17.4. The third kappa shape index (κ3) is 6.06. The molecule has 0 amide bonds. The van der Waals surface area contributed by atoms with Crippen molar-refractivity contribution in [3.8, 4) is 11.4 Å². The van der Waals surface area contributed by atoms with Crippen molar-refractivity contribution in [1.82, 2.24) is 14.1 Å². The molecule has 2 fully saturated rings. The summed E-state index contributed by atoms with van der Waals surface area (Å²) in [6, 6.07) is 6.49. The van der Waals surface area contributed by atoms with Gasteiger partial charge in [0.2, 0.25) is 15.8 Å². The Kier molecular flexibility index (Phi) is 8.10. The molecular weight excluding hydrogens is 533 g/mol. The smallest absolute Gasteiger partial charge is 0.391 e. The lowest BCUT2D eigenvalue weighted by atomic mass is 9.87.